The average molecular weight is 709 g/mol. The van der Waals surface area contributed by atoms with Gasteiger partial charge < -0.3 is 0 Å². The van der Waals surface area contributed by atoms with Gasteiger partial charge in [-0.1, -0.05) is 20.6 Å². The minimum atomic E-state index is -0.711. The van der Waals surface area contributed by atoms with Gasteiger partial charge >= 0.3 is 24.4 Å². The van der Waals surface area contributed by atoms with Crippen LogP contribution in [0, 0.1) is 0 Å². The largest absolute Gasteiger partial charge is 0.447 e. The van der Waals surface area contributed by atoms with Crippen molar-refractivity contribution >= 4 is 116 Å². The highest BCUT2D eigenvalue weighted by atomic mass is 32.2. The lowest BCUT2D eigenvalue weighted by molar-refractivity contribution is 0.129. The Labute approximate surface area is 271 Å². The first-order valence-corrected chi connectivity index (χ1v) is 17.5. The molecule has 0 aromatic rings. The van der Waals surface area contributed by atoms with E-state index in [-0.39, 0.29) is 0 Å². The summed E-state index contributed by atoms with van der Waals surface area (Å²) in [7, 11) is 5.77. The molecule has 22 heteroatoms. The zero-order valence-electron chi connectivity index (χ0n) is 25.3. The molecule has 0 atom stereocenters. The van der Waals surface area contributed by atoms with Crippen LogP contribution in [0.1, 0.15) is 27.7 Å². The molecule has 240 valence electrons. The van der Waals surface area contributed by atoms with E-state index < -0.39 is 24.4 Å². The van der Waals surface area contributed by atoms with Gasteiger partial charge in [0, 0.05) is 28.2 Å². The molecule has 4 amide bonds. The monoisotopic (exact) mass is 708 g/mol. The van der Waals surface area contributed by atoms with Crippen molar-refractivity contribution < 1.29 is 38.5 Å². The van der Waals surface area contributed by atoms with Crippen LogP contribution in [0.2, 0.25) is 0 Å². The second-order valence-electron chi connectivity index (χ2n) is 6.84. The molecule has 0 aliphatic heterocycles. The van der Waals surface area contributed by atoms with Gasteiger partial charge in [-0.2, -0.15) is 0 Å². The molecule has 42 heavy (non-hydrogen) atoms. The summed E-state index contributed by atoms with van der Waals surface area (Å²) in [4.78, 5) is 65.1. The maximum atomic E-state index is 11.6. The Morgan fingerprint density at radius 2 is 0.595 bits per heavy atom. The van der Waals surface area contributed by atoms with Crippen LogP contribution in [0.25, 0.3) is 0 Å². The van der Waals surface area contributed by atoms with Crippen LogP contribution in [0.3, 0.4) is 0 Å². The van der Waals surface area contributed by atoms with Gasteiger partial charge in [0.1, 0.15) is 20.2 Å². The lowest BCUT2D eigenvalue weighted by Crippen LogP contribution is -2.28. The number of thioether (sulfide) groups is 4. The van der Waals surface area contributed by atoms with Gasteiger partial charge in [-0.25, -0.2) is 36.4 Å². The fourth-order valence-corrected chi connectivity index (χ4v) is 2.88. The van der Waals surface area contributed by atoms with Gasteiger partial charge in [-0.3, -0.25) is 19.4 Å². The molecule has 0 N–H and O–H groups in total. The lowest BCUT2D eigenvalue weighted by atomic mass is 10.9. The Morgan fingerprint density at radius 1 is 0.429 bits per heavy atom. The summed E-state index contributed by atoms with van der Waals surface area (Å²) in [5, 5.41) is 16.8. The summed E-state index contributed by atoms with van der Waals surface area (Å²) in [6.07, 6.45) is 4.40. The van der Waals surface area contributed by atoms with E-state index in [1.807, 2.05) is 25.0 Å². The zero-order valence-corrected chi connectivity index (χ0v) is 30.2. The first-order valence-electron chi connectivity index (χ1n) is 11.1. The fraction of sp³-hybridized carbons (Fsp3) is 0.600. The summed E-state index contributed by atoms with van der Waals surface area (Å²) in [5.74, 6) is 0. The van der Waals surface area contributed by atoms with Crippen LogP contribution in [0.4, 0.5) is 19.2 Å². The van der Waals surface area contributed by atoms with E-state index in [9.17, 15) is 19.2 Å². The Bertz CT molecular complexity index is 863. The van der Waals surface area contributed by atoms with Crippen molar-refractivity contribution in [3.05, 3.63) is 0 Å². The average Bonchev–Trinajstić information content (AvgIpc) is 2.98. The number of carbonyl (C=O) groups is 4. The van der Waals surface area contributed by atoms with Gasteiger partial charge in [0.25, 0.3) is 0 Å². The minimum absolute atomic E-state index is 0.608. The molecule has 0 aliphatic rings. The maximum absolute atomic E-state index is 11.6. The first-order chi connectivity index (χ1) is 19.6. The van der Waals surface area contributed by atoms with E-state index in [2.05, 4.69) is 40.0 Å². The summed E-state index contributed by atoms with van der Waals surface area (Å²) in [6, 6.07) is 0. The third kappa shape index (κ3) is 20.7. The molecule has 0 heterocycles. The molecule has 0 aromatic heterocycles. The molecule has 0 rings (SSSR count). The Hall–Kier alpha value is -2.14. The third-order valence-corrected chi connectivity index (χ3v) is 7.95. The molecular weight excluding hydrogens is 673 g/mol. The van der Waals surface area contributed by atoms with Gasteiger partial charge in [-0.15, -0.1) is 47.0 Å². The van der Waals surface area contributed by atoms with Crippen molar-refractivity contribution in [1.82, 2.24) is 17.2 Å². The van der Waals surface area contributed by atoms with Crippen molar-refractivity contribution in [2.45, 2.75) is 27.7 Å². The van der Waals surface area contributed by atoms with Crippen LogP contribution in [-0.2, 0) is 19.4 Å². The van der Waals surface area contributed by atoms with E-state index in [0.717, 1.165) is 41.5 Å². The molecular formula is C20H36N8O8S6. The predicted octanol–water partition coefficient (Wildman–Crippen LogP) is 6.16. The number of hydrogen-bond acceptors (Lipinski definition) is 18. The van der Waals surface area contributed by atoms with Crippen molar-refractivity contribution in [3.8, 4) is 0 Å². The van der Waals surface area contributed by atoms with E-state index in [1.165, 1.54) is 75.2 Å². The van der Waals surface area contributed by atoms with Crippen LogP contribution >= 0.6 is 71.3 Å². The van der Waals surface area contributed by atoms with Crippen molar-refractivity contribution in [2.75, 3.05) is 53.2 Å². The van der Waals surface area contributed by atoms with E-state index >= 15 is 0 Å². The van der Waals surface area contributed by atoms with Crippen LogP contribution < -0.4 is 0 Å². The molecule has 0 saturated carbocycles. The molecule has 0 bridgehead atoms. The highest BCUT2D eigenvalue weighted by Crippen LogP contribution is 2.16. The normalized spacial score (nSPS) is 11.9. The Kier molecular flexibility index (Phi) is 24.3. The van der Waals surface area contributed by atoms with Gasteiger partial charge in [0.05, 0.1) is 24.3 Å². The second-order valence-corrected chi connectivity index (χ2v) is 13.4. The smallest absolute Gasteiger partial charge is 0.296 e. The first kappa shape index (κ1) is 42.0. The SMILES string of the molecule is CS/C(C)=N/OC(=O)N(C)SN(C)C(=O)O/N=C(\C)SC.CS/C(C)=N\OC(=O)N(C)SN(C)C(=O)O/N=C(/C)SC. The molecule has 16 nitrogen and oxygen atoms in total. The molecule has 0 saturated heterocycles. The Morgan fingerprint density at radius 3 is 0.738 bits per heavy atom. The summed E-state index contributed by atoms with van der Waals surface area (Å²) < 4.78 is 4.40. The molecule has 0 radical (unpaired) electrons. The maximum Gasteiger partial charge on any atom is 0.447 e. The predicted molar refractivity (Wildman–Crippen MR) is 179 cm³/mol. The van der Waals surface area contributed by atoms with E-state index in [4.69, 9.17) is 0 Å². The number of amides is 4. The lowest BCUT2D eigenvalue weighted by Gasteiger charge is -2.19. The number of oxime groups is 4. The molecule has 0 unspecified atom stereocenters. The van der Waals surface area contributed by atoms with Gasteiger partial charge in [-0.05, 0) is 52.7 Å². The Balaban J connectivity index is 0. The molecule has 0 aromatic carbocycles. The summed E-state index contributed by atoms with van der Waals surface area (Å²) in [5.41, 5.74) is 0. The molecule has 0 fully saturated rings. The third-order valence-electron chi connectivity index (χ3n) is 3.71. The van der Waals surface area contributed by atoms with E-state index in [1.54, 1.807) is 27.7 Å². The van der Waals surface area contributed by atoms with Crippen molar-refractivity contribution in [3.63, 3.8) is 0 Å². The molecule has 0 aliphatic carbocycles. The van der Waals surface area contributed by atoms with Crippen LogP contribution in [-0.4, -0.2) is 115 Å². The standard InChI is InChI=1S/2C10H18N4O4S3/c2*1-7(19-5)11-17-9(15)13(3)21-14(4)10(16)18-12-8(2)20-6/h2*1-6H3/b11-7+,12-8+;11-7-,12-8-. The fourth-order valence-electron chi connectivity index (χ4n) is 1.29. The minimum Gasteiger partial charge on any atom is -0.296 e. The van der Waals surface area contributed by atoms with E-state index in [0.29, 0.717) is 20.2 Å². The van der Waals surface area contributed by atoms with Crippen molar-refractivity contribution in [1.29, 1.82) is 0 Å². The van der Waals surface area contributed by atoms with Gasteiger partial charge in [0.2, 0.25) is 0 Å². The van der Waals surface area contributed by atoms with Crippen molar-refractivity contribution in [2.24, 2.45) is 20.6 Å². The quantitative estimate of drug-likeness (QED) is 0.0924. The number of nitrogens with zero attached hydrogens (tertiary/aromatic N) is 8. The number of rotatable bonds is 8. The number of carbonyl (C=O) groups excluding carboxylic acids is 4. The summed E-state index contributed by atoms with van der Waals surface area (Å²) in [6.45, 7) is 6.84. The molecule has 0 spiro atoms. The van der Waals surface area contributed by atoms with Crippen LogP contribution in [0.15, 0.2) is 20.6 Å². The second kappa shape index (κ2) is 24.3. The number of hydrogen-bond donors (Lipinski definition) is 0. The highest BCUT2D eigenvalue weighted by molar-refractivity contribution is 8.14. The summed E-state index contributed by atoms with van der Waals surface area (Å²) >= 11 is 7.02. The zero-order chi connectivity index (χ0) is 32.8. The van der Waals surface area contributed by atoms with Gasteiger partial charge in [0.15, 0.2) is 0 Å². The van der Waals surface area contributed by atoms with Crippen LogP contribution in [0.5, 0.6) is 0 Å². The topological polar surface area (TPSA) is 168 Å². The highest BCUT2D eigenvalue weighted by Gasteiger charge is 2.20.